The van der Waals surface area contributed by atoms with Gasteiger partial charge in [-0.1, -0.05) is 12.1 Å². The van der Waals surface area contributed by atoms with E-state index in [0.717, 1.165) is 80.6 Å². The maximum atomic E-state index is 13.7. The number of carbonyl (C=O) groups excluding carboxylic acids is 1. The average molecular weight is 585 g/mol. The van der Waals surface area contributed by atoms with Crippen LogP contribution >= 0.6 is 0 Å². The summed E-state index contributed by atoms with van der Waals surface area (Å²) >= 11 is 0. The molecule has 0 bridgehead atoms. The number of carbonyl (C=O) groups is 1. The summed E-state index contributed by atoms with van der Waals surface area (Å²) in [5.41, 5.74) is 3.67. The van der Waals surface area contributed by atoms with Crippen LogP contribution in [0.4, 0.5) is 0 Å². The van der Waals surface area contributed by atoms with E-state index >= 15 is 0 Å². The number of pyridine rings is 1. The van der Waals surface area contributed by atoms with Crippen molar-refractivity contribution in [3.63, 3.8) is 0 Å². The van der Waals surface area contributed by atoms with Crippen LogP contribution in [0.2, 0.25) is 0 Å². The minimum absolute atomic E-state index is 0.000398. The van der Waals surface area contributed by atoms with Gasteiger partial charge in [0.1, 0.15) is 24.2 Å². The zero-order chi connectivity index (χ0) is 29.5. The SMILES string of the molecule is CN1CCN(CCOC2=CC3=NCC(C(=O)NC4=C5C(C6CC6)=NN(Cc6cccn(C)c6=O)C5CC=C4)N3C=C2)CC1. The van der Waals surface area contributed by atoms with Crippen LogP contribution in [0.3, 0.4) is 0 Å². The quantitative estimate of drug-likeness (QED) is 0.469. The molecule has 1 aromatic heterocycles. The minimum Gasteiger partial charge on any atom is -0.492 e. The number of ether oxygens (including phenoxy) is 1. The zero-order valence-corrected chi connectivity index (χ0v) is 25.0. The van der Waals surface area contributed by atoms with E-state index in [1.54, 1.807) is 17.8 Å². The Morgan fingerprint density at radius 1 is 1.14 bits per heavy atom. The summed E-state index contributed by atoms with van der Waals surface area (Å²) in [6.07, 6.45) is 14.6. The molecule has 11 nitrogen and oxygen atoms in total. The molecule has 1 saturated carbocycles. The number of hydrazone groups is 1. The summed E-state index contributed by atoms with van der Waals surface area (Å²) in [6, 6.07) is 3.34. The molecule has 11 heteroatoms. The van der Waals surface area contributed by atoms with Crippen LogP contribution in [-0.2, 0) is 23.1 Å². The van der Waals surface area contributed by atoms with Crippen molar-refractivity contribution in [3.8, 4) is 0 Å². The van der Waals surface area contributed by atoms with Gasteiger partial charge < -0.3 is 24.4 Å². The van der Waals surface area contributed by atoms with E-state index in [-0.39, 0.29) is 17.5 Å². The molecule has 5 heterocycles. The van der Waals surface area contributed by atoms with Gasteiger partial charge in [-0.15, -0.1) is 0 Å². The topological polar surface area (TPSA) is 98.0 Å². The van der Waals surface area contributed by atoms with E-state index in [9.17, 15) is 9.59 Å². The van der Waals surface area contributed by atoms with Crippen molar-refractivity contribution in [1.82, 2.24) is 29.6 Å². The second-order valence-electron chi connectivity index (χ2n) is 12.3. The maximum Gasteiger partial charge on any atom is 0.255 e. The summed E-state index contributed by atoms with van der Waals surface area (Å²) in [6.45, 7) is 6.68. The highest BCUT2D eigenvalue weighted by molar-refractivity contribution is 6.07. The normalized spacial score (nSPS) is 25.4. The fraction of sp³-hybridized carbons (Fsp3) is 0.500. The van der Waals surface area contributed by atoms with Crippen LogP contribution in [0.15, 0.2) is 80.8 Å². The smallest absolute Gasteiger partial charge is 0.255 e. The monoisotopic (exact) mass is 584 g/mol. The Hall–Kier alpha value is -3.96. The van der Waals surface area contributed by atoms with Gasteiger partial charge in [0.05, 0.1) is 24.8 Å². The van der Waals surface area contributed by atoms with Crippen LogP contribution in [-0.4, -0.2) is 107 Å². The number of nitrogens with one attached hydrogen (secondary N) is 1. The lowest BCUT2D eigenvalue weighted by molar-refractivity contribution is -0.123. The number of aromatic nitrogens is 1. The summed E-state index contributed by atoms with van der Waals surface area (Å²) in [7, 11) is 3.93. The molecule has 0 aromatic carbocycles. The van der Waals surface area contributed by atoms with Gasteiger partial charge in [-0.2, -0.15) is 5.10 Å². The first-order chi connectivity index (χ1) is 20.9. The molecule has 7 rings (SSSR count). The third kappa shape index (κ3) is 5.71. The second-order valence-corrected chi connectivity index (χ2v) is 12.3. The van der Waals surface area contributed by atoms with Gasteiger partial charge in [0.15, 0.2) is 0 Å². The van der Waals surface area contributed by atoms with Crippen molar-refractivity contribution in [2.24, 2.45) is 23.1 Å². The highest BCUT2D eigenvalue weighted by atomic mass is 16.5. The van der Waals surface area contributed by atoms with Crippen LogP contribution in [0.5, 0.6) is 0 Å². The molecule has 2 unspecified atom stereocenters. The van der Waals surface area contributed by atoms with Gasteiger partial charge in [-0.3, -0.25) is 24.5 Å². The van der Waals surface area contributed by atoms with Gasteiger partial charge in [0.25, 0.3) is 5.56 Å². The van der Waals surface area contributed by atoms with E-state index in [4.69, 9.17) is 9.84 Å². The van der Waals surface area contributed by atoms with E-state index in [0.29, 0.717) is 31.2 Å². The molecule has 1 N–H and O–H groups in total. The van der Waals surface area contributed by atoms with E-state index in [1.165, 1.54) is 0 Å². The first-order valence-electron chi connectivity index (χ1n) is 15.4. The number of rotatable bonds is 9. The maximum absolute atomic E-state index is 13.7. The molecule has 6 aliphatic rings. The number of amidine groups is 1. The van der Waals surface area contributed by atoms with Crippen LogP contribution < -0.4 is 10.9 Å². The molecule has 226 valence electrons. The first-order valence-corrected chi connectivity index (χ1v) is 15.4. The standard InChI is InChI=1S/C32H40N8O3/c1-36-13-15-38(16-14-36)17-18-43-24-10-12-39-27(20-33-28(39)19-24)31(41)34-25-6-3-7-26-29(25)30(22-8-9-22)35-40(26)21-23-5-4-11-37(2)32(23)42/h3-6,10-12,19,22,26-27H,7-9,13-18,20-21H2,1-2H3,(H,34,41). The molecular formula is C32H40N8O3. The van der Waals surface area contributed by atoms with Crippen LogP contribution in [0, 0.1) is 5.92 Å². The Morgan fingerprint density at radius 3 is 2.79 bits per heavy atom. The van der Waals surface area contributed by atoms with Gasteiger partial charge in [-0.25, -0.2) is 0 Å². The Bertz CT molecular complexity index is 1520. The largest absolute Gasteiger partial charge is 0.492 e. The Morgan fingerprint density at radius 2 is 1.98 bits per heavy atom. The number of piperazine rings is 1. The lowest BCUT2D eigenvalue weighted by atomic mass is 9.91. The molecule has 2 aliphatic carbocycles. The summed E-state index contributed by atoms with van der Waals surface area (Å²) in [5, 5.41) is 10.3. The summed E-state index contributed by atoms with van der Waals surface area (Å²) in [4.78, 5) is 37.8. The predicted molar refractivity (Wildman–Crippen MR) is 165 cm³/mol. The van der Waals surface area contributed by atoms with E-state index in [1.807, 2.05) is 46.5 Å². The summed E-state index contributed by atoms with van der Waals surface area (Å²) < 4.78 is 7.65. The number of aryl methyl sites for hydroxylation is 1. The highest BCUT2D eigenvalue weighted by Crippen LogP contribution is 2.41. The van der Waals surface area contributed by atoms with Crippen LogP contribution in [0.25, 0.3) is 0 Å². The number of nitrogens with zero attached hydrogens (tertiary/aromatic N) is 7. The fourth-order valence-electron chi connectivity index (χ4n) is 6.42. The number of fused-ring (bicyclic) bond motifs is 2. The van der Waals surface area contributed by atoms with Crippen molar-refractivity contribution in [2.75, 3.05) is 52.9 Å². The third-order valence-electron chi connectivity index (χ3n) is 9.17. The third-order valence-corrected chi connectivity index (χ3v) is 9.17. The van der Waals surface area contributed by atoms with Gasteiger partial charge in [-0.05, 0) is 44.5 Å². The molecule has 1 aromatic rings. The minimum atomic E-state index is -0.428. The zero-order valence-electron chi connectivity index (χ0n) is 25.0. The molecule has 2 fully saturated rings. The van der Waals surface area contributed by atoms with Gasteiger partial charge in [0, 0.05) is 81.0 Å². The van der Waals surface area contributed by atoms with Crippen molar-refractivity contribution in [3.05, 3.63) is 81.8 Å². The Kier molecular flexibility index (Phi) is 7.52. The van der Waals surface area contributed by atoms with Crippen molar-refractivity contribution < 1.29 is 9.53 Å². The average Bonchev–Trinajstić information content (AvgIpc) is 3.66. The molecule has 1 saturated heterocycles. The lowest BCUT2D eigenvalue weighted by Crippen LogP contribution is -2.46. The summed E-state index contributed by atoms with van der Waals surface area (Å²) in [5.74, 6) is 1.85. The van der Waals surface area contributed by atoms with Gasteiger partial charge >= 0.3 is 0 Å². The van der Waals surface area contributed by atoms with Gasteiger partial charge in [0.2, 0.25) is 5.91 Å². The predicted octanol–water partition coefficient (Wildman–Crippen LogP) is 1.42. The molecule has 43 heavy (non-hydrogen) atoms. The molecule has 0 radical (unpaired) electrons. The van der Waals surface area contributed by atoms with Crippen molar-refractivity contribution >= 4 is 17.5 Å². The first kappa shape index (κ1) is 27.8. The number of aliphatic imine (C=N–C) groups is 1. The number of hydrogen-bond donors (Lipinski definition) is 1. The van der Waals surface area contributed by atoms with Crippen molar-refractivity contribution in [1.29, 1.82) is 0 Å². The molecule has 1 amide bonds. The van der Waals surface area contributed by atoms with E-state index in [2.05, 4.69) is 33.2 Å². The van der Waals surface area contributed by atoms with Crippen LogP contribution in [0.1, 0.15) is 24.8 Å². The molecular weight excluding hydrogens is 544 g/mol. The van der Waals surface area contributed by atoms with Crippen molar-refractivity contribution in [2.45, 2.75) is 37.9 Å². The Balaban J connectivity index is 1.00. The van der Waals surface area contributed by atoms with E-state index < -0.39 is 6.04 Å². The number of amides is 1. The number of likely N-dealkylation sites (N-methyl/N-ethyl adjacent to an activating group) is 1. The number of hydrogen-bond acceptors (Lipinski definition) is 9. The Labute approximate surface area is 252 Å². The fourth-order valence-corrected chi connectivity index (χ4v) is 6.42. The molecule has 4 aliphatic heterocycles. The lowest BCUT2D eigenvalue weighted by Gasteiger charge is -2.32. The molecule has 2 atom stereocenters. The second kappa shape index (κ2) is 11.6. The highest BCUT2D eigenvalue weighted by Gasteiger charge is 2.43. The molecule has 0 spiro atoms. The number of allylic oxidation sites excluding steroid dienone is 2.